The number of allylic oxidation sites excluding steroid dienone is 7. The third kappa shape index (κ3) is 35.2. The van der Waals surface area contributed by atoms with E-state index in [0.717, 1.165) is 44.9 Å². The Kier molecular flexibility index (Phi) is 32.5. The molecule has 1 N–H and O–H groups in total. The highest BCUT2D eigenvalue weighted by atomic mass is 31.2. The number of ether oxygens (including phenoxy) is 3. The highest BCUT2D eigenvalue weighted by Gasteiger charge is 2.36. The summed E-state index contributed by atoms with van der Waals surface area (Å²) in [6.07, 6.45) is 46.7. The van der Waals surface area contributed by atoms with Crippen LogP contribution in [0.4, 0.5) is 0 Å². The van der Waals surface area contributed by atoms with Crippen LogP contribution in [0.25, 0.3) is 0 Å². The van der Waals surface area contributed by atoms with Crippen LogP contribution in [0, 0.1) is 0 Å². The maximum atomic E-state index is 12.7. The zero-order valence-electron chi connectivity index (χ0n) is 36.3. The number of phosphoric ester groups is 1. The van der Waals surface area contributed by atoms with Crippen LogP contribution < -0.4 is 0 Å². The summed E-state index contributed by atoms with van der Waals surface area (Å²) in [6.45, 7) is 4.80. The highest BCUT2D eigenvalue weighted by Crippen LogP contribution is 2.43. The number of nitrogens with zero attached hydrogens (tertiary/aromatic N) is 1. The third-order valence-corrected chi connectivity index (χ3v) is 10.5. The van der Waals surface area contributed by atoms with Crippen molar-refractivity contribution in [3.8, 4) is 0 Å². The van der Waals surface area contributed by atoms with Crippen molar-refractivity contribution >= 4 is 13.8 Å². The van der Waals surface area contributed by atoms with Gasteiger partial charge in [0.1, 0.15) is 19.8 Å². The molecule has 0 aromatic heterocycles. The van der Waals surface area contributed by atoms with Gasteiger partial charge in [0.25, 0.3) is 0 Å². The topological polar surface area (TPSA) is 104 Å². The van der Waals surface area contributed by atoms with Gasteiger partial charge >= 0.3 is 13.8 Å². The summed E-state index contributed by atoms with van der Waals surface area (Å²) in [5.74, 6) is -0.398. The van der Waals surface area contributed by atoms with E-state index in [9.17, 15) is 14.3 Å². The fourth-order valence-corrected chi connectivity index (χ4v) is 6.64. The van der Waals surface area contributed by atoms with Gasteiger partial charge in [-0.3, -0.25) is 13.8 Å². The van der Waals surface area contributed by atoms with E-state index < -0.39 is 19.9 Å². The highest BCUT2D eigenvalue weighted by molar-refractivity contribution is 7.47. The lowest BCUT2D eigenvalue weighted by atomic mass is 10.1. The minimum absolute atomic E-state index is 0.0147. The van der Waals surface area contributed by atoms with E-state index >= 15 is 0 Å². The molecule has 0 amide bonds. The molecule has 9 nitrogen and oxygen atoms in total. The molecular weight excluding hydrogens is 725 g/mol. The second-order valence-corrected chi connectivity index (χ2v) is 17.6. The van der Waals surface area contributed by atoms with Gasteiger partial charge < -0.3 is 23.6 Å². The number of unbranched alkanes of at least 4 members (excludes halogenated alkanes) is 15. The quantitative estimate of drug-likeness (QED) is 0.0125. The molecule has 324 valence electrons. The van der Waals surface area contributed by atoms with Crippen molar-refractivity contribution in [3.05, 3.63) is 60.9 Å². The average molecular weight is 809 g/mol. The molecule has 4 atom stereocenters. The molecule has 10 heteroatoms. The predicted molar refractivity (Wildman–Crippen MR) is 232 cm³/mol. The van der Waals surface area contributed by atoms with Crippen molar-refractivity contribution in [1.82, 2.24) is 0 Å². The Bertz CT molecular complexity index is 1140. The summed E-state index contributed by atoms with van der Waals surface area (Å²) in [5, 5.41) is 0. The van der Waals surface area contributed by atoms with Crippen LogP contribution in [0.15, 0.2) is 60.9 Å². The second-order valence-electron chi connectivity index (χ2n) is 16.2. The van der Waals surface area contributed by atoms with Crippen LogP contribution >= 0.6 is 7.82 Å². The van der Waals surface area contributed by atoms with Crippen molar-refractivity contribution in [2.24, 2.45) is 0 Å². The molecule has 1 saturated heterocycles. The minimum Gasteiger partial charge on any atom is -0.498 e. The largest absolute Gasteiger partial charge is 0.498 e. The number of epoxide rings is 1. The average Bonchev–Trinajstić information content (AvgIpc) is 3.91. The Balaban J connectivity index is 2.31. The SMILES string of the molecule is CCCCC/C=C\CC1OC1C/C=C\C/C=C\CCCC(=O)O[C@H](CO/C=C/CCCCCC/C=C\CCCCCCCC)COP(=O)(O)OCC[N+](C)(C)C. The second kappa shape index (κ2) is 35.0. The van der Waals surface area contributed by atoms with Gasteiger partial charge in [0, 0.05) is 6.42 Å². The van der Waals surface area contributed by atoms with Crippen LogP contribution in [0.5, 0.6) is 0 Å². The first-order chi connectivity index (χ1) is 27.1. The van der Waals surface area contributed by atoms with E-state index in [0.29, 0.717) is 29.7 Å². The van der Waals surface area contributed by atoms with E-state index in [-0.39, 0.29) is 26.2 Å². The molecule has 1 aliphatic heterocycles. The molecule has 1 fully saturated rings. The van der Waals surface area contributed by atoms with Crippen LogP contribution in [0.3, 0.4) is 0 Å². The smallest absolute Gasteiger partial charge is 0.472 e. The molecule has 1 heterocycles. The Morgan fingerprint density at radius 3 is 1.80 bits per heavy atom. The number of likely N-dealkylation sites (N-methyl/N-ethyl adjacent to an activating group) is 1. The van der Waals surface area contributed by atoms with E-state index in [4.69, 9.17) is 23.3 Å². The van der Waals surface area contributed by atoms with E-state index in [1.165, 1.54) is 89.9 Å². The van der Waals surface area contributed by atoms with Crippen molar-refractivity contribution in [1.29, 1.82) is 0 Å². The summed E-state index contributed by atoms with van der Waals surface area (Å²) in [7, 11) is 1.58. The Hall–Kier alpha value is -2.00. The molecule has 0 saturated carbocycles. The van der Waals surface area contributed by atoms with Gasteiger partial charge in [-0.15, -0.1) is 0 Å². The van der Waals surface area contributed by atoms with Crippen molar-refractivity contribution < 1.29 is 42.0 Å². The van der Waals surface area contributed by atoms with Crippen molar-refractivity contribution in [2.45, 2.75) is 180 Å². The first-order valence-electron chi connectivity index (χ1n) is 22.2. The lowest BCUT2D eigenvalue weighted by Crippen LogP contribution is -2.37. The monoisotopic (exact) mass is 809 g/mol. The molecule has 0 spiro atoms. The van der Waals surface area contributed by atoms with Crippen LogP contribution in [0.1, 0.15) is 162 Å². The van der Waals surface area contributed by atoms with Gasteiger partial charge in [0.15, 0.2) is 6.10 Å². The Morgan fingerprint density at radius 1 is 0.661 bits per heavy atom. The zero-order valence-corrected chi connectivity index (χ0v) is 37.2. The van der Waals surface area contributed by atoms with Crippen molar-refractivity contribution in [2.75, 3.05) is 47.5 Å². The summed E-state index contributed by atoms with van der Waals surface area (Å²) >= 11 is 0. The molecule has 56 heavy (non-hydrogen) atoms. The maximum absolute atomic E-state index is 12.7. The van der Waals surface area contributed by atoms with E-state index in [2.05, 4.69) is 62.5 Å². The number of rotatable bonds is 39. The summed E-state index contributed by atoms with van der Waals surface area (Å²) < 4.78 is 40.4. The first-order valence-corrected chi connectivity index (χ1v) is 23.7. The van der Waals surface area contributed by atoms with Crippen LogP contribution in [0.2, 0.25) is 0 Å². The summed E-state index contributed by atoms with van der Waals surface area (Å²) in [5.41, 5.74) is 0. The third-order valence-electron chi connectivity index (χ3n) is 9.52. The van der Waals surface area contributed by atoms with E-state index in [1.807, 2.05) is 27.2 Å². The zero-order chi connectivity index (χ0) is 41.0. The minimum atomic E-state index is -4.31. The molecule has 1 rings (SSSR count). The lowest BCUT2D eigenvalue weighted by Gasteiger charge is -2.24. The number of carbonyl (C=O) groups is 1. The predicted octanol–water partition coefficient (Wildman–Crippen LogP) is 12.3. The number of phosphoric acid groups is 1. The standard InChI is InChI=1S/C46H82NO8P/c1-6-8-10-12-14-15-16-17-18-19-20-21-22-26-30-34-39-51-41-43(42-53-56(49,50)52-40-38-47(3,4)5)54-46(48)37-33-29-25-23-24-28-32-36-45-44(55-45)35-31-27-13-11-9-7-2/h17-18,23,25,27-28,31-32,34,39,43-45H,6-16,19-22,24,26,29-30,33,35-38,40-42H2,1-5H3/p+1/b18-17-,25-23-,31-27-,32-28-,39-34+/t43-,44?,45?/m1/s1. The van der Waals surface area contributed by atoms with Gasteiger partial charge in [0.05, 0.1) is 46.2 Å². The van der Waals surface area contributed by atoms with E-state index in [1.54, 1.807) is 6.26 Å². The van der Waals surface area contributed by atoms with Crippen LogP contribution in [-0.2, 0) is 32.6 Å². The number of hydrogen-bond donors (Lipinski definition) is 1. The maximum Gasteiger partial charge on any atom is 0.472 e. The van der Waals surface area contributed by atoms with Crippen LogP contribution in [-0.4, -0.2) is 81.2 Å². The molecule has 3 unspecified atom stereocenters. The van der Waals surface area contributed by atoms with Gasteiger partial charge in [0.2, 0.25) is 0 Å². The van der Waals surface area contributed by atoms with Gasteiger partial charge in [-0.05, 0) is 89.5 Å². The lowest BCUT2D eigenvalue weighted by molar-refractivity contribution is -0.870. The fourth-order valence-electron chi connectivity index (χ4n) is 5.90. The fraction of sp³-hybridized carbons (Fsp3) is 0.761. The normalized spacial score (nSPS) is 17.9. The van der Waals surface area contributed by atoms with Gasteiger partial charge in [-0.25, -0.2) is 4.57 Å². The number of quaternary nitrogens is 1. The number of esters is 1. The first kappa shape index (κ1) is 52.0. The molecule has 0 radical (unpaired) electrons. The number of hydrogen-bond acceptors (Lipinski definition) is 7. The Labute approximate surface area is 343 Å². The molecule has 0 bridgehead atoms. The molecule has 0 aromatic carbocycles. The molecule has 0 aliphatic carbocycles. The number of carbonyl (C=O) groups excluding carboxylic acids is 1. The molecule has 0 aromatic rings. The van der Waals surface area contributed by atoms with Crippen molar-refractivity contribution in [3.63, 3.8) is 0 Å². The van der Waals surface area contributed by atoms with Gasteiger partial charge in [-0.2, -0.15) is 0 Å². The molecular formula is C46H83NO8P+. The van der Waals surface area contributed by atoms with Gasteiger partial charge in [-0.1, -0.05) is 120 Å². The molecule has 1 aliphatic rings. The summed E-state index contributed by atoms with van der Waals surface area (Å²) in [6, 6.07) is 0. The summed E-state index contributed by atoms with van der Waals surface area (Å²) in [4.78, 5) is 22.9. The Morgan fingerprint density at radius 2 is 1.16 bits per heavy atom.